The van der Waals surface area contributed by atoms with Gasteiger partial charge < -0.3 is 0 Å². The average Bonchev–Trinajstić information content (AvgIpc) is 2.54. The maximum absolute atomic E-state index is 4.86. The van der Waals surface area contributed by atoms with Gasteiger partial charge in [-0.1, -0.05) is 60.7 Å². The van der Waals surface area contributed by atoms with Gasteiger partial charge in [-0.2, -0.15) is 0 Å². The molecule has 3 aromatic carbocycles. The number of aryl methyl sites for hydroxylation is 1. The molecule has 0 unspecified atom stereocenters. The molecule has 1 aromatic heterocycles. The van der Waals surface area contributed by atoms with Gasteiger partial charge in [-0.25, -0.2) is 4.98 Å². The van der Waals surface area contributed by atoms with E-state index in [0.29, 0.717) is 0 Å². The number of pyridine rings is 1. The first-order valence-electron chi connectivity index (χ1n) is 7.17. The first-order valence-corrected chi connectivity index (χ1v) is 7.17. The number of rotatable bonds is 1. The smallest absolute Gasteiger partial charge is 0.0718 e. The van der Waals surface area contributed by atoms with Crippen LogP contribution in [0, 0.1) is 6.92 Å². The Balaban J connectivity index is 2.05. The Morgan fingerprint density at radius 3 is 2.33 bits per heavy atom. The molecule has 0 amide bonds. The molecule has 0 aliphatic carbocycles. The summed E-state index contributed by atoms with van der Waals surface area (Å²) in [6.07, 6.45) is 0. The molecule has 0 bridgehead atoms. The Morgan fingerprint density at radius 1 is 0.714 bits per heavy atom. The van der Waals surface area contributed by atoms with Crippen molar-refractivity contribution in [2.75, 3.05) is 0 Å². The van der Waals surface area contributed by atoms with Gasteiger partial charge in [0.25, 0.3) is 0 Å². The van der Waals surface area contributed by atoms with Gasteiger partial charge in [0.05, 0.1) is 11.2 Å². The van der Waals surface area contributed by atoms with Gasteiger partial charge in [-0.05, 0) is 35.4 Å². The molecule has 0 aliphatic heterocycles. The normalized spacial score (nSPS) is 11.1. The third-order valence-electron chi connectivity index (χ3n) is 3.99. The Kier molecular flexibility index (Phi) is 2.71. The highest BCUT2D eigenvalue weighted by atomic mass is 14.7. The van der Waals surface area contributed by atoms with Crippen LogP contribution in [0.25, 0.3) is 32.9 Å². The Morgan fingerprint density at radius 2 is 1.43 bits per heavy atom. The van der Waals surface area contributed by atoms with Crippen molar-refractivity contribution in [3.63, 3.8) is 0 Å². The molecule has 4 aromatic rings. The first kappa shape index (κ1) is 12.1. The highest BCUT2D eigenvalue weighted by Crippen LogP contribution is 2.30. The highest BCUT2D eigenvalue weighted by Gasteiger charge is 2.07. The van der Waals surface area contributed by atoms with E-state index in [4.69, 9.17) is 4.98 Å². The second-order valence-electron chi connectivity index (χ2n) is 5.37. The number of para-hydroxylation sites is 1. The number of nitrogens with zero attached hydrogens (tertiary/aromatic N) is 1. The summed E-state index contributed by atoms with van der Waals surface area (Å²) in [5, 5.41) is 3.73. The molecule has 0 atom stereocenters. The molecule has 0 aliphatic rings. The molecule has 1 nitrogen and oxygen atoms in total. The largest absolute Gasteiger partial charge is 0.248 e. The average molecular weight is 269 g/mol. The summed E-state index contributed by atoms with van der Waals surface area (Å²) < 4.78 is 0. The van der Waals surface area contributed by atoms with Crippen LogP contribution in [0.5, 0.6) is 0 Å². The zero-order chi connectivity index (χ0) is 14.2. The van der Waals surface area contributed by atoms with Crippen LogP contribution < -0.4 is 0 Å². The summed E-state index contributed by atoms with van der Waals surface area (Å²) in [5.74, 6) is 0. The lowest BCUT2D eigenvalue weighted by molar-refractivity contribution is 1.37. The van der Waals surface area contributed by atoms with Crippen LogP contribution in [-0.2, 0) is 0 Å². The minimum atomic E-state index is 1.04. The van der Waals surface area contributed by atoms with Crippen molar-refractivity contribution < 1.29 is 0 Å². The van der Waals surface area contributed by atoms with Crippen molar-refractivity contribution in [3.8, 4) is 11.3 Å². The van der Waals surface area contributed by atoms with Gasteiger partial charge in [-0.3, -0.25) is 0 Å². The predicted molar refractivity (Wildman–Crippen MR) is 89.4 cm³/mol. The van der Waals surface area contributed by atoms with Crippen molar-refractivity contribution in [2.45, 2.75) is 6.92 Å². The molecule has 0 spiro atoms. The fourth-order valence-corrected chi connectivity index (χ4v) is 2.94. The lowest BCUT2D eigenvalue weighted by atomic mass is 9.99. The summed E-state index contributed by atoms with van der Waals surface area (Å²) in [7, 11) is 0. The van der Waals surface area contributed by atoms with Crippen molar-refractivity contribution >= 4 is 21.7 Å². The summed E-state index contributed by atoms with van der Waals surface area (Å²) >= 11 is 0. The summed E-state index contributed by atoms with van der Waals surface area (Å²) in [6.45, 7) is 2.15. The fraction of sp³-hybridized carbons (Fsp3) is 0.0500. The molecule has 0 saturated heterocycles. The third-order valence-corrected chi connectivity index (χ3v) is 3.99. The predicted octanol–water partition coefficient (Wildman–Crippen LogP) is 5.36. The summed E-state index contributed by atoms with van der Waals surface area (Å²) in [4.78, 5) is 4.86. The topological polar surface area (TPSA) is 12.9 Å². The van der Waals surface area contributed by atoms with Crippen LogP contribution in [0.4, 0.5) is 0 Å². The second kappa shape index (κ2) is 4.71. The van der Waals surface area contributed by atoms with Crippen molar-refractivity contribution in [1.82, 2.24) is 4.98 Å². The monoisotopic (exact) mass is 269 g/mol. The van der Waals surface area contributed by atoms with Gasteiger partial charge in [0.2, 0.25) is 0 Å². The van der Waals surface area contributed by atoms with E-state index in [1.807, 2.05) is 6.07 Å². The Hall–Kier alpha value is -2.67. The molecular weight excluding hydrogens is 254 g/mol. The zero-order valence-electron chi connectivity index (χ0n) is 11.9. The van der Waals surface area contributed by atoms with Crippen LogP contribution in [0.2, 0.25) is 0 Å². The lowest BCUT2D eigenvalue weighted by Crippen LogP contribution is -1.89. The molecule has 4 rings (SSSR count). The van der Waals surface area contributed by atoms with E-state index in [2.05, 4.69) is 73.7 Å². The zero-order valence-corrected chi connectivity index (χ0v) is 11.9. The van der Waals surface area contributed by atoms with E-state index in [1.54, 1.807) is 0 Å². The van der Waals surface area contributed by atoms with E-state index >= 15 is 0 Å². The van der Waals surface area contributed by atoms with Crippen LogP contribution in [-0.4, -0.2) is 4.98 Å². The number of aromatic nitrogens is 1. The standard InChI is InChI=1S/C20H15N/c1-14-13-20(21-19-12-5-4-9-16(14)19)18-11-6-8-15-7-2-3-10-17(15)18/h2-13H,1H3. The van der Waals surface area contributed by atoms with Crippen LogP contribution in [0.1, 0.15) is 5.56 Å². The van der Waals surface area contributed by atoms with Crippen LogP contribution in [0.15, 0.2) is 72.8 Å². The first-order chi connectivity index (χ1) is 10.3. The third kappa shape index (κ3) is 1.98. The van der Waals surface area contributed by atoms with E-state index in [9.17, 15) is 0 Å². The lowest BCUT2D eigenvalue weighted by Gasteiger charge is -2.09. The molecule has 100 valence electrons. The minimum Gasteiger partial charge on any atom is -0.248 e. The van der Waals surface area contributed by atoms with Crippen molar-refractivity contribution in [1.29, 1.82) is 0 Å². The van der Waals surface area contributed by atoms with E-state index in [1.165, 1.54) is 27.3 Å². The number of hydrogen-bond donors (Lipinski definition) is 0. The molecule has 0 N–H and O–H groups in total. The number of fused-ring (bicyclic) bond motifs is 2. The van der Waals surface area contributed by atoms with Gasteiger partial charge >= 0.3 is 0 Å². The minimum absolute atomic E-state index is 1.04. The number of hydrogen-bond acceptors (Lipinski definition) is 1. The Bertz CT molecular complexity index is 949. The Labute approximate surface area is 123 Å². The summed E-state index contributed by atoms with van der Waals surface area (Å²) in [5.41, 5.74) is 4.56. The fourth-order valence-electron chi connectivity index (χ4n) is 2.94. The molecule has 0 radical (unpaired) electrons. The highest BCUT2D eigenvalue weighted by molar-refractivity contribution is 5.97. The molecule has 1 heteroatoms. The van der Waals surface area contributed by atoms with Crippen molar-refractivity contribution in [2.24, 2.45) is 0 Å². The van der Waals surface area contributed by atoms with Crippen molar-refractivity contribution in [3.05, 3.63) is 78.4 Å². The van der Waals surface area contributed by atoms with Gasteiger partial charge in [0.15, 0.2) is 0 Å². The molecule has 0 fully saturated rings. The summed E-state index contributed by atoms with van der Waals surface area (Å²) in [6, 6.07) is 25.4. The molecule has 1 heterocycles. The number of benzene rings is 3. The van der Waals surface area contributed by atoms with Gasteiger partial charge in [0, 0.05) is 10.9 Å². The second-order valence-corrected chi connectivity index (χ2v) is 5.37. The quantitative estimate of drug-likeness (QED) is 0.453. The molecular formula is C20H15N. The molecule has 21 heavy (non-hydrogen) atoms. The van der Waals surface area contributed by atoms with Gasteiger partial charge in [-0.15, -0.1) is 0 Å². The van der Waals surface area contributed by atoms with E-state index < -0.39 is 0 Å². The van der Waals surface area contributed by atoms with Crippen LogP contribution in [0.3, 0.4) is 0 Å². The molecule has 0 saturated carbocycles. The maximum Gasteiger partial charge on any atom is 0.0718 e. The maximum atomic E-state index is 4.86. The SMILES string of the molecule is Cc1cc(-c2cccc3ccccc23)nc2ccccc12. The van der Waals surface area contributed by atoms with E-state index in [-0.39, 0.29) is 0 Å². The van der Waals surface area contributed by atoms with Gasteiger partial charge in [0.1, 0.15) is 0 Å². The van der Waals surface area contributed by atoms with Crippen LogP contribution >= 0.6 is 0 Å². The van der Waals surface area contributed by atoms with E-state index in [0.717, 1.165) is 11.2 Å².